The molecule has 1 unspecified atom stereocenters. The third kappa shape index (κ3) is 4.21. The predicted octanol–water partition coefficient (Wildman–Crippen LogP) is 2.41. The summed E-state index contributed by atoms with van der Waals surface area (Å²) in [6, 6.07) is 0.281. The molecule has 1 heterocycles. The third-order valence-electron chi connectivity index (χ3n) is 1.93. The highest BCUT2D eigenvalue weighted by atomic mass is 32.2. The van der Waals surface area contributed by atoms with Gasteiger partial charge in [-0.3, -0.25) is 4.99 Å². The maximum absolute atomic E-state index is 11.8. The highest BCUT2D eigenvalue weighted by Crippen LogP contribution is 2.19. The highest BCUT2D eigenvalue weighted by molar-refractivity contribution is 8.13. The van der Waals surface area contributed by atoms with Crippen LogP contribution in [-0.2, 0) is 0 Å². The Bertz CT molecular complexity index is 215. The largest absolute Gasteiger partial charge is 0.408 e. The molecule has 1 aliphatic rings. The lowest BCUT2D eigenvalue weighted by Gasteiger charge is -2.24. The Kier molecular flexibility index (Phi) is 4.10. The average molecular weight is 226 g/mol. The zero-order valence-electron chi connectivity index (χ0n) is 7.90. The highest BCUT2D eigenvalue weighted by Gasteiger charge is 2.27. The van der Waals surface area contributed by atoms with Crippen LogP contribution < -0.4 is 5.32 Å². The van der Waals surface area contributed by atoms with Gasteiger partial charge in [0, 0.05) is 11.8 Å². The number of nitrogens with zero attached hydrogens (tertiary/aromatic N) is 1. The summed E-state index contributed by atoms with van der Waals surface area (Å²) < 4.78 is 35.5. The molecule has 0 aromatic heterocycles. The van der Waals surface area contributed by atoms with Crippen LogP contribution in [0.25, 0.3) is 0 Å². The fraction of sp³-hybridized carbons (Fsp3) is 0.875. The van der Waals surface area contributed by atoms with E-state index in [0.29, 0.717) is 5.17 Å². The minimum absolute atomic E-state index is 0.281. The van der Waals surface area contributed by atoms with E-state index in [1.807, 2.05) is 6.92 Å². The van der Waals surface area contributed by atoms with Gasteiger partial charge in [0.25, 0.3) is 0 Å². The van der Waals surface area contributed by atoms with Crippen molar-refractivity contribution in [3.63, 3.8) is 0 Å². The van der Waals surface area contributed by atoms with E-state index in [2.05, 4.69) is 10.3 Å². The van der Waals surface area contributed by atoms with Gasteiger partial charge in [-0.1, -0.05) is 18.7 Å². The smallest absolute Gasteiger partial charge is 0.362 e. The Morgan fingerprint density at radius 3 is 2.86 bits per heavy atom. The Morgan fingerprint density at radius 1 is 1.57 bits per heavy atom. The van der Waals surface area contributed by atoms with Crippen molar-refractivity contribution < 1.29 is 13.2 Å². The van der Waals surface area contributed by atoms with Crippen LogP contribution in [-0.4, -0.2) is 29.7 Å². The van der Waals surface area contributed by atoms with Crippen molar-refractivity contribution in [3.8, 4) is 0 Å². The lowest BCUT2D eigenvalue weighted by molar-refractivity contribution is -0.118. The van der Waals surface area contributed by atoms with Crippen molar-refractivity contribution >= 4 is 16.9 Å². The topological polar surface area (TPSA) is 24.4 Å². The second-order valence-electron chi connectivity index (χ2n) is 3.12. The number of thioether (sulfide) groups is 1. The van der Waals surface area contributed by atoms with E-state index >= 15 is 0 Å². The zero-order chi connectivity index (χ0) is 10.6. The summed E-state index contributed by atoms with van der Waals surface area (Å²) in [4.78, 5) is 3.50. The SMILES string of the molecule is CCC1CCSC(=NCC(F)(F)F)N1. The molecule has 0 aromatic carbocycles. The number of alkyl halides is 3. The third-order valence-corrected chi connectivity index (χ3v) is 2.89. The van der Waals surface area contributed by atoms with Crippen molar-refractivity contribution in [3.05, 3.63) is 0 Å². The van der Waals surface area contributed by atoms with E-state index in [-0.39, 0.29) is 6.04 Å². The van der Waals surface area contributed by atoms with Crippen molar-refractivity contribution in [2.75, 3.05) is 12.3 Å². The summed E-state index contributed by atoms with van der Waals surface area (Å²) in [5, 5.41) is 3.42. The van der Waals surface area contributed by atoms with E-state index in [9.17, 15) is 13.2 Å². The Morgan fingerprint density at radius 2 is 2.29 bits per heavy atom. The van der Waals surface area contributed by atoms with Crippen LogP contribution in [0.4, 0.5) is 13.2 Å². The normalized spacial score (nSPS) is 26.3. The minimum atomic E-state index is -4.20. The van der Waals surface area contributed by atoms with E-state index < -0.39 is 12.7 Å². The molecule has 14 heavy (non-hydrogen) atoms. The van der Waals surface area contributed by atoms with Gasteiger partial charge in [0.2, 0.25) is 0 Å². The molecule has 1 N–H and O–H groups in total. The summed E-state index contributed by atoms with van der Waals surface area (Å²) in [7, 11) is 0. The maximum atomic E-state index is 11.8. The van der Waals surface area contributed by atoms with Crippen LogP contribution in [0.5, 0.6) is 0 Å². The molecule has 0 aliphatic carbocycles. The molecule has 82 valence electrons. The average Bonchev–Trinajstić information content (AvgIpc) is 2.14. The van der Waals surface area contributed by atoms with Gasteiger partial charge in [0.15, 0.2) is 5.17 Å². The van der Waals surface area contributed by atoms with Crippen LogP contribution >= 0.6 is 11.8 Å². The molecule has 1 rings (SSSR count). The molecular weight excluding hydrogens is 213 g/mol. The molecule has 0 radical (unpaired) electrons. The van der Waals surface area contributed by atoms with E-state index in [1.165, 1.54) is 11.8 Å². The van der Waals surface area contributed by atoms with Crippen LogP contribution in [0.3, 0.4) is 0 Å². The fourth-order valence-electron chi connectivity index (χ4n) is 1.15. The Balaban J connectivity index is 2.43. The van der Waals surface area contributed by atoms with Gasteiger partial charge in [-0.25, -0.2) is 0 Å². The van der Waals surface area contributed by atoms with Gasteiger partial charge in [-0.15, -0.1) is 0 Å². The second kappa shape index (κ2) is 4.91. The molecule has 0 saturated carbocycles. The predicted molar refractivity (Wildman–Crippen MR) is 52.6 cm³/mol. The Labute approximate surface area is 85.4 Å². The first-order valence-electron chi connectivity index (χ1n) is 4.52. The quantitative estimate of drug-likeness (QED) is 0.782. The number of hydrogen-bond acceptors (Lipinski definition) is 2. The molecule has 6 heteroatoms. The van der Waals surface area contributed by atoms with Crippen molar-refractivity contribution in [2.45, 2.75) is 32.0 Å². The second-order valence-corrected chi connectivity index (χ2v) is 4.21. The first kappa shape index (κ1) is 11.7. The van der Waals surface area contributed by atoms with Crippen molar-refractivity contribution in [1.82, 2.24) is 5.32 Å². The molecule has 1 fully saturated rings. The molecule has 0 amide bonds. The molecule has 2 nitrogen and oxygen atoms in total. The summed E-state index contributed by atoms with van der Waals surface area (Å²) in [5.74, 6) is 0.849. The standard InChI is InChI=1S/C8H13F3N2S/c1-2-6-3-4-14-7(13-6)12-5-8(9,10)11/h6H,2-5H2,1H3,(H,12,13). The lowest BCUT2D eigenvalue weighted by Crippen LogP contribution is -2.37. The van der Waals surface area contributed by atoms with Crippen LogP contribution in [0.1, 0.15) is 19.8 Å². The molecule has 0 spiro atoms. The number of nitrogens with one attached hydrogen (secondary N) is 1. The Hall–Kier alpha value is -0.390. The molecule has 1 saturated heterocycles. The van der Waals surface area contributed by atoms with Gasteiger partial charge < -0.3 is 5.32 Å². The zero-order valence-corrected chi connectivity index (χ0v) is 8.71. The van der Waals surface area contributed by atoms with Gasteiger partial charge in [-0.2, -0.15) is 13.2 Å². The van der Waals surface area contributed by atoms with Crippen LogP contribution in [0.2, 0.25) is 0 Å². The van der Waals surface area contributed by atoms with Crippen molar-refractivity contribution in [2.24, 2.45) is 4.99 Å². The molecule has 1 aliphatic heterocycles. The monoisotopic (exact) mass is 226 g/mol. The first-order chi connectivity index (χ1) is 6.51. The molecule has 0 bridgehead atoms. The number of rotatable bonds is 2. The number of hydrogen-bond donors (Lipinski definition) is 1. The van der Waals surface area contributed by atoms with E-state index in [4.69, 9.17) is 0 Å². The first-order valence-corrected chi connectivity index (χ1v) is 5.50. The fourth-order valence-corrected chi connectivity index (χ4v) is 2.15. The van der Waals surface area contributed by atoms with Gasteiger partial charge in [0.05, 0.1) is 0 Å². The van der Waals surface area contributed by atoms with Crippen LogP contribution in [0, 0.1) is 0 Å². The maximum Gasteiger partial charge on any atom is 0.408 e. The summed E-state index contributed by atoms with van der Waals surface area (Å²) in [6.45, 7) is 0.924. The van der Waals surface area contributed by atoms with Gasteiger partial charge in [0.1, 0.15) is 6.54 Å². The van der Waals surface area contributed by atoms with E-state index in [0.717, 1.165) is 18.6 Å². The molecule has 0 aromatic rings. The van der Waals surface area contributed by atoms with Crippen molar-refractivity contribution in [1.29, 1.82) is 0 Å². The summed E-state index contributed by atoms with van der Waals surface area (Å²) in [6.07, 6.45) is -2.29. The summed E-state index contributed by atoms with van der Waals surface area (Å²) in [5.41, 5.74) is 0. The lowest BCUT2D eigenvalue weighted by atomic mass is 10.2. The van der Waals surface area contributed by atoms with Crippen LogP contribution in [0.15, 0.2) is 4.99 Å². The van der Waals surface area contributed by atoms with Gasteiger partial charge in [-0.05, 0) is 12.8 Å². The summed E-state index contributed by atoms with van der Waals surface area (Å²) >= 11 is 1.36. The number of amidine groups is 1. The minimum Gasteiger partial charge on any atom is -0.362 e. The molecule has 1 atom stereocenters. The van der Waals surface area contributed by atoms with Gasteiger partial charge >= 0.3 is 6.18 Å². The molecular formula is C8H13F3N2S. The number of halogens is 3. The number of aliphatic imine (C=N–C) groups is 1. The van der Waals surface area contributed by atoms with E-state index in [1.54, 1.807) is 0 Å².